The van der Waals surface area contributed by atoms with Crippen molar-refractivity contribution in [2.24, 2.45) is 0 Å². The lowest BCUT2D eigenvalue weighted by Gasteiger charge is -2.21. The van der Waals surface area contributed by atoms with Crippen molar-refractivity contribution in [1.29, 1.82) is 0 Å². The Hall–Kier alpha value is -2.48. The fourth-order valence-corrected chi connectivity index (χ4v) is 3.91. The number of rotatable bonds is 4. The molecule has 0 N–H and O–H groups in total. The molecule has 1 heterocycles. The Morgan fingerprint density at radius 1 is 0.880 bits per heavy atom. The van der Waals surface area contributed by atoms with E-state index in [1.807, 2.05) is 12.4 Å². The molecule has 1 aliphatic rings. The summed E-state index contributed by atoms with van der Waals surface area (Å²) in [6.45, 7) is 0.864. The normalized spacial score (nSPS) is 15.2. The Bertz CT molecular complexity index is 803. The number of hydrogen-bond acceptors (Lipinski definition) is 1. The van der Waals surface area contributed by atoms with Gasteiger partial charge in [-0.1, -0.05) is 61.7 Å². The van der Waals surface area contributed by atoms with E-state index in [9.17, 15) is 0 Å². The first kappa shape index (κ1) is 16.0. The Kier molecular flexibility index (Phi) is 4.87. The van der Waals surface area contributed by atoms with E-state index in [2.05, 4.69) is 70.3 Å². The zero-order valence-corrected chi connectivity index (χ0v) is 14.6. The molecule has 0 radical (unpaired) electrons. The van der Waals surface area contributed by atoms with E-state index in [4.69, 9.17) is 0 Å². The quantitative estimate of drug-likeness (QED) is 0.606. The largest absolute Gasteiger partial charge is 0.252 e. The topological polar surface area (TPSA) is 16.8 Å². The highest BCUT2D eigenvalue weighted by Gasteiger charge is 2.17. The lowest BCUT2D eigenvalue weighted by Crippen LogP contribution is -2.36. The summed E-state index contributed by atoms with van der Waals surface area (Å²) in [5.74, 6) is 0.758. The van der Waals surface area contributed by atoms with Gasteiger partial charge >= 0.3 is 0 Å². The molecule has 2 aromatic carbocycles. The van der Waals surface area contributed by atoms with Crippen LogP contribution in [0.2, 0.25) is 0 Å². The second kappa shape index (κ2) is 7.60. The average molecular weight is 329 g/mol. The summed E-state index contributed by atoms with van der Waals surface area (Å²) in [5, 5.41) is 0. The second-order valence-corrected chi connectivity index (χ2v) is 7.03. The first-order chi connectivity index (χ1) is 12.4. The van der Waals surface area contributed by atoms with E-state index < -0.39 is 0 Å². The minimum atomic E-state index is 0.758. The molecule has 0 spiro atoms. The van der Waals surface area contributed by atoms with Gasteiger partial charge < -0.3 is 0 Å². The van der Waals surface area contributed by atoms with E-state index in [1.165, 1.54) is 54.5 Å². The van der Waals surface area contributed by atoms with Gasteiger partial charge in [-0.3, -0.25) is 4.98 Å². The van der Waals surface area contributed by atoms with Gasteiger partial charge in [-0.05, 0) is 36.5 Å². The summed E-state index contributed by atoms with van der Waals surface area (Å²) in [7, 11) is 0. The van der Waals surface area contributed by atoms with Crippen LogP contribution in [0.25, 0.3) is 11.3 Å². The van der Waals surface area contributed by atoms with Crippen LogP contribution in [0.4, 0.5) is 0 Å². The number of nitrogens with zero attached hydrogens (tertiary/aromatic N) is 2. The third-order valence-electron chi connectivity index (χ3n) is 5.32. The molecular formula is C23H25N2+. The second-order valence-electron chi connectivity index (χ2n) is 7.03. The molecule has 2 heteroatoms. The highest BCUT2D eigenvalue weighted by Crippen LogP contribution is 2.33. The molecule has 0 saturated heterocycles. The minimum Gasteiger partial charge on any atom is -0.252 e. The van der Waals surface area contributed by atoms with Gasteiger partial charge in [0, 0.05) is 11.1 Å². The average Bonchev–Trinajstić information content (AvgIpc) is 2.70. The standard InChI is InChI=1S/C23H25N2/c1-3-7-19(8-4-1)18-25-16-15-24-17-23(25)22-13-11-21(12-14-22)20-9-5-2-6-10-20/h1,3-4,7-8,11-17,20H,2,5-6,9-10,18H2/q+1. The predicted molar refractivity (Wildman–Crippen MR) is 101 cm³/mol. The number of aromatic nitrogens is 2. The zero-order valence-electron chi connectivity index (χ0n) is 14.6. The molecule has 126 valence electrons. The highest BCUT2D eigenvalue weighted by atomic mass is 15.0. The third-order valence-corrected chi connectivity index (χ3v) is 5.32. The van der Waals surface area contributed by atoms with Gasteiger partial charge in [0.25, 0.3) is 0 Å². The molecule has 1 fully saturated rings. The van der Waals surface area contributed by atoms with E-state index in [1.54, 1.807) is 0 Å². The third kappa shape index (κ3) is 3.79. The predicted octanol–water partition coefficient (Wildman–Crippen LogP) is 5.13. The van der Waals surface area contributed by atoms with Crippen molar-refractivity contribution in [3.05, 3.63) is 84.3 Å². The molecule has 4 rings (SSSR count). The molecule has 0 bridgehead atoms. The minimum absolute atomic E-state index is 0.758. The van der Waals surface area contributed by atoms with Crippen LogP contribution in [0.1, 0.15) is 49.1 Å². The van der Waals surface area contributed by atoms with Crippen molar-refractivity contribution < 1.29 is 4.57 Å². The van der Waals surface area contributed by atoms with Crippen LogP contribution in [0, 0.1) is 0 Å². The van der Waals surface area contributed by atoms with Crippen molar-refractivity contribution in [3.63, 3.8) is 0 Å². The van der Waals surface area contributed by atoms with Gasteiger partial charge in [-0.25, -0.2) is 0 Å². The SMILES string of the molecule is c1ccc(C[n+]2ccncc2-c2ccc(C3CCCCC3)cc2)cc1. The van der Waals surface area contributed by atoms with Gasteiger partial charge in [0.1, 0.15) is 0 Å². The van der Waals surface area contributed by atoms with Gasteiger partial charge in [-0.2, -0.15) is 4.57 Å². The highest BCUT2D eigenvalue weighted by molar-refractivity contribution is 5.55. The molecule has 1 aliphatic carbocycles. The van der Waals surface area contributed by atoms with Crippen molar-refractivity contribution in [2.45, 2.75) is 44.6 Å². The maximum Gasteiger partial charge on any atom is 0.231 e. The van der Waals surface area contributed by atoms with Gasteiger partial charge in [0.15, 0.2) is 12.7 Å². The Balaban J connectivity index is 1.59. The Morgan fingerprint density at radius 2 is 1.64 bits per heavy atom. The Labute approximate surface area is 150 Å². The first-order valence-corrected chi connectivity index (χ1v) is 9.38. The molecule has 25 heavy (non-hydrogen) atoms. The van der Waals surface area contributed by atoms with Gasteiger partial charge in [-0.15, -0.1) is 0 Å². The molecule has 3 aromatic rings. The monoisotopic (exact) mass is 329 g/mol. The summed E-state index contributed by atoms with van der Waals surface area (Å²) in [6.07, 6.45) is 12.8. The van der Waals surface area contributed by atoms with Crippen LogP contribution in [-0.2, 0) is 6.54 Å². The molecule has 0 atom stereocenters. The molecule has 2 nitrogen and oxygen atoms in total. The fourth-order valence-electron chi connectivity index (χ4n) is 3.91. The fraction of sp³-hybridized carbons (Fsp3) is 0.304. The smallest absolute Gasteiger partial charge is 0.231 e. The molecule has 0 amide bonds. The molecule has 0 aliphatic heterocycles. The van der Waals surface area contributed by atoms with Crippen molar-refractivity contribution >= 4 is 0 Å². The van der Waals surface area contributed by atoms with Gasteiger partial charge in [0.05, 0.1) is 12.4 Å². The molecule has 0 unspecified atom stereocenters. The van der Waals surface area contributed by atoms with E-state index in [0.717, 1.165) is 12.5 Å². The lowest BCUT2D eigenvalue weighted by atomic mass is 9.84. The zero-order chi connectivity index (χ0) is 16.9. The number of benzene rings is 2. The van der Waals surface area contributed by atoms with Crippen molar-refractivity contribution in [3.8, 4) is 11.3 Å². The van der Waals surface area contributed by atoms with Crippen LogP contribution >= 0.6 is 0 Å². The van der Waals surface area contributed by atoms with E-state index in [0.29, 0.717) is 0 Å². The van der Waals surface area contributed by atoms with E-state index in [-0.39, 0.29) is 0 Å². The van der Waals surface area contributed by atoms with Crippen LogP contribution in [0.3, 0.4) is 0 Å². The first-order valence-electron chi connectivity index (χ1n) is 9.38. The van der Waals surface area contributed by atoms with E-state index >= 15 is 0 Å². The van der Waals surface area contributed by atoms with Gasteiger partial charge in [0.2, 0.25) is 5.69 Å². The van der Waals surface area contributed by atoms with Crippen LogP contribution in [-0.4, -0.2) is 4.98 Å². The summed E-state index contributed by atoms with van der Waals surface area (Å²) < 4.78 is 2.28. The molecule has 1 aromatic heterocycles. The number of hydrogen-bond donors (Lipinski definition) is 0. The summed E-state index contributed by atoms with van der Waals surface area (Å²) in [6, 6.07) is 19.8. The van der Waals surface area contributed by atoms with Crippen molar-refractivity contribution in [1.82, 2.24) is 4.98 Å². The summed E-state index contributed by atoms with van der Waals surface area (Å²) in [5.41, 5.74) is 5.21. The van der Waals surface area contributed by atoms with Crippen molar-refractivity contribution in [2.75, 3.05) is 0 Å². The van der Waals surface area contributed by atoms with Crippen LogP contribution in [0.15, 0.2) is 73.2 Å². The molecule has 1 saturated carbocycles. The summed E-state index contributed by atoms with van der Waals surface area (Å²) >= 11 is 0. The van der Waals surface area contributed by atoms with Crippen LogP contribution in [0.5, 0.6) is 0 Å². The lowest BCUT2D eigenvalue weighted by molar-refractivity contribution is -0.678. The maximum atomic E-state index is 4.35. The van der Waals surface area contributed by atoms with Crippen LogP contribution < -0.4 is 4.57 Å². The maximum absolute atomic E-state index is 4.35. The molecular weight excluding hydrogens is 304 g/mol. The summed E-state index contributed by atoms with van der Waals surface area (Å²) in [4.78, 5) is 4.35. The Morgan fingerprint density at radius 3 is 2.40 bits per heavy atom.